The molecule has 0 aliphatic carbocycles. The molecule has 0 unspecified atom stereocenters. The first-order valence-electron chi connectivity index (χ1n) is 21.7. The van der Waals surface area contributed by atoms with E-state index in [1.165, 1.54) is 14.2 Å². The van der Waals surface area contributed by atoms with Crippen molar-refractivity contribution in [1.82, 2.24) is 40.4 Å². The van der Waals surface area contributed by atoms with Crippen molar-refractivity contribution < 1.29 is 33.4 Å². The van der Waals surface area contributed by atoms with Crippen LogP contribution in [0.3, 0.4) is 0 Å². The number of fused-ring (bicyclic) bond motifs is 1. The van der Waals surface area contributed by atoms with Crippen molar-refractivity contribution in [2.45, 2.75) is 83.5 Å². The molecule has 5 heterocycles. The maximum atomic E-state index is 14.0. The SMILES string of the molecule is COC(=O)N[C@H](C(=O)N1CCC[C@H]1c1nc(-c2ccc3cc(-c4ccc(-c5cnc([C@@H]6CCCN6C(=O)[C@@H](NC(=O)OC)C6CCOCC6)[nH]5)cc4C)ccc3c2)c[nH]1)C(C)C. The monoisotopic (exact) mass is 844 g/mol. The predicted octanol–water partition coefficient (Wildman–Crippen LogP) is 7.45. The molecule has 15 nitrogen and oxygen atoms in total. The Balaban J connectivity index is 0.953. The third-order valence-electron chi connectivity index (χ3n) is 12.7. The zero-order valence-electron chi connectivity index (χ0n) is 36.0. The van der Waals surface area contributed by atoms with Crippen LogP contribution in [0.2, 0.25) is 0 Å². The van der Waals surface area contributed by atoms with E-state index in [1.807, 2.05) is 36.0 Å². The fraction of sp³-hybridized carbons (Fsp3) is 0.447. The summed E-state index contributed by atoms with van der Waals surface area (Å²) in [6, 6.07) is 17.4. The highest BCUT2D eigenvalue weighted by Gasteiger charge is 2.41. The van der Waals surface area contributed by atoms with Crippen molar-refractivity contribution in [3.8, 4) is 33.6 Å². The molecule has 2 aromatic heterocycles. The maximum Gasteiger partial charge on any atom is 0.407 e. The first-order chi connectivity index (χ1) is 30.0. The number of aromatic nitrogens is 4. The second-order valence-corrected chi connectivity index (χ2v) is 17.0. The predicted molar refractivity (Wildman–Crippen MR) is 234 cm³/mol. The van der Waals surface area contributed by atoms with Crippen LogP contribution in [-0.2, 0) is 23.8 Å². The molecule has 3 aliphatic heterocycles. The fourth-order valence-electron chi connectivity index (χ4n) is 9.34. The summed E-state index contributed by atoms with van der Waals surface area (Å²) >= 11 is 0. The second kappa shape index (κ2) is 18.4. The lowest BCUT2D eigenvalue weighted by Crippen LogP contribution is -2.53. The molecule has 4 N–H and O–H groups in total. The number of hydrogen-bond donors (Lipinski definition) is 4. The van der Waals surface area contributed by atoms with Gasteiger partial charge in [-0.15, -0.1) is 0 Å². The second-order valence-electron chi connectivity index (χ2n) is 17.0. The van der Waals surface area contributed by atoms with Gasteiger partial charge in [-0.3, -0.25) is 9.59 Å². The van der Waals surface area contributed by atoms with Gasteiger partial charge in [-0.05, 0) is 109 Å². The molecule has 326 valence electrons. The van der Waals surface area contributed by atoms with E-state index in [0.29, 0.717) is 39.1 Å². The third-order valence-corrected chi connectivity index (χ3v) is 12.7. The van der Waals surface area contributed by atoms with Crippen LogP contribution in [0.25, 0.3) is 44.4 Å². The Bertz CT molecular complexity index is 2440. The Morgan fingerprint density at radius 2 is 1.40 bits per heavy atom. The molecule has 4 amide bonds. The van der Waals surface area contributed by atoms with Gasteiger partial charge in [0.2, 0.25) is 11.8 Å². The lowest BCUT2D eigenvalue weighted by atomic mass is 9.90. The first-order valence-corrected chi connectivity index (χ1v) is 21.7. The minimum absolute atomic E-state index is 0.0285. The average molecular weight is 845 g/mol. The van der Waals surface area contributed by atoms with E-state index in [-0.39, 0.29) is 35.7 Å². The quantitative estimate of drug-likeness (QED) is 0.105. The zero-order valence-corrected chi connectivity index (χ0v) is 36.0. The number of H-pyrrole nitrogens is 2. The fourth-order valence-corrected chi connectivity index (χ4v) is 9.34. The van der Waals surface area contributed by atoms with Gasteiger partial charge in [-0.1, -0.05) is 50.2 Å². The molecule has 0 spiro atoms. The van der Waals surface area contributed by atoms with Gasteiger partial charge in [-0.25, -0.2) is 19.6 Å². The third kappa shape index (κ3) is 8.76. The van der Waals surface area contributed by atoms with E-state index in [4.69, 9.17) is 24.2 Å². The molecule has 3 saturated heterocycles. The molecular formula is C47H56N8O7. The number of alkyl carbamates (subject to hydrolysis) is 2. The van der Waals surface area contributed by atoms with Crippen LogP contribution in [0.15, 0.2) is 67.0 Å². The number of aryl methyl sites for hydroxylation is 1. The van der Waals surface area contributed by atoms with E-state index in [1.54, 1.807) is 0 Å². The van der Waals surface area contributed by atoms with Crippen LogP contribution < -0.4 is 10.6 Å². The number of nitrogens with zero attached hydrogens (tertiary/aromatic N) is 4. The first kappa shape index (κ1) is 42.5. The molecule has 3 aromatic carbocycles. The molecule has 3 aliphatic rings. The average Bonchev–Trinajstić information content (AvgIpc) is 4.14. The van der Waals surface area contributed by atoms with E-state index in [2.05, 4.69) is 82.1 Å². The number of methoxy groups -OCH3 is 2. The number of benzene rings is 3. The molecule has 62 heavy (non-hydrogen) atoms. The van der Waals surface area contributed by atoms with Crippen LogP contribution in [0, 0.1) is 18.8 Å². The van der Waals surface area contributed by atoms with E-state index >= 15 is 0 Å². The molecule has 8 rings (SSSR count). The smallest absolute Gasteiger partial charge is 0.407 e. The van der Waals surface area contributed by atoms with Gasteiger partial charge in [0.1, 0.15) is 23.7 Å². The van der Waals surface area contributed by atoms with Gasteiger partial charge in [0, 0.05) is 38.1 Å². The zero-order chi connectivity index (χ0) is 43.5. The topological polar surface area (TPSA) is 184 Å². The summed E-state index contributed by atoms with van der Waals surface area (Å²) in [5.41, 5.74) is 6.99. The number of ether oxygens (including phenoxy) is 3. The van der Waals surface area contributed by atoms with Crippen LogP contribution in [0.1, 0.15) is 81.7 Å². The van der Waals surface area contributed by atoms with Gasteiger partial charge in [0.25, 0.3) is 0 Å². The Morgan fingerprint density at radius 1 is 0.774 bits per heavy atom. The molecule has 4 atom stereocenters. The molecule has 5 aromatic rings. The summed E-state index contributed by atoms with van der Waals surface area (Å²) in [6.45, 7) is 8.23. The highest BCUT2D eigenvalue weighted by atomic mass is 16.5. The lowest BCUT2D eigenvalue weighted by molar-refractivity contribution is -0.137. The molecular weight excluding hydrogens is 789 g/mol. The van der Waals surface area contributed by atoms with Crippen LogP contribution >= 0.6 is 0 Å². The number of carbonyl (C=O) groups excluding carboxylic acids is 4. The van der Waals surface area contributed by atoms with Gasteiger partial charge in [0.05, 0.1) is 43.9 Å². The normalized spacial score (nSPS) is 19.1. The van der Waals surface area contributed by atoms with Crippen molar-refractivity contribution >= 4 is 34.8 Å². The van der Waals surface area contributed by atoms with Crippen molar-refractivity contribution in [2.24, 2.45) is 11.8 Å². The lowest BCUT2D eigenvalue weighted by Gasteiger charge is -2.34. The maximum absolute atomic E-state index is 14.0. The summed E-state index contributed by atoms with van der Waals surface area (Å²) in [7, 11) is 2.60. The Kier molecular flexibility index (Phi) is 12.6. The molecule has 0 bridgehead atoms. The number of nitrogens with one attached hydrogen (secondary N) is 4. The van der Waals surface area contributed by atoms with E-state index in [9.17, 15) is 19.2 Å². The van der Waals surface area contributed by atoms with Gasteiger partial charge >= 0.3 is 12.2 Å². The number of carbonyl (C=O) groups is 4. The van der Waals surface area contributed by atoms with Crippen molar-refractivity contribution in [3.63, 3.8) is 0 Å². The highest BCUT2D eigenvalue weighted by Crippen LogP contribution is 2.37. The van der Waals surface area contributed by atoms with Crippen LogP contribution in [0.4, 0.5) is 9.59 Å². The molecule has 0 saturated carbocycles. The van der Waals surface area contributed by atoms with E-state index in [0.717, 1.165) is 87.3 Å². The number of rotatable bonds is 11. The highest BCUT2D eigenvalue weighted by molar-refractivity contribution is 5.91. The number of aromatic amines is 2. The number of likely N-dealkylation sites (tertiary alicyclic amines) is 2. The largest absolute Gasteiger partial charge is 0.453 e. The van der Waals surface area contributed by atoms with Gasteiger partial charge in [0.15, 0.2) is 0 Å². The van der Waals surface area contributed by atoms with Crippen molar-refractivity contribution in [1.29, 1.82) is 0 Å². The standard InChI is InChI=1S/C47H56N8O7/c1-27(2)40(52-46(58)60-4)44(56)54-18-6-8-38(54)42-49-26-37(51-42)34-13-11-30-23-32(12-10-31(30)24-34)35-15-14-33(22-28(35)3)36-25-48-43(50-36)39-9-7-19-55(39)45(57)41(53-47(59)61-5)29-16-20-62-21-17-29/h10-15,22-27,29,38-41H,6-9,16-21H2,1-5H3,(H,48,50)(H,49,51)(H,52,58)(H,53,59)/t38-,39-,40-,41-/m0/s1. The summed E-state index contributed by atoms with van der Waals surface area (Å²) in [6.07, 6.45) is 7.13. The number of hydrogen-bond acceptors (Lipinski definition) is 9. The van der Waals surface area contributed by atoms with E-state index < -0.39 is 24.3 Å². The molecule has 0 radical (unpaired) electrons. The van der Waals surface area contributed by atoms with Crippen LogP contribution in [-0.4, -0.2) is 106 Å². The van der Waals surface area contributed by atoms with Crippen LogP contribution in [0.5, 0.6) is 0 Å². The van der Waals surface area contributed by atoms with Gasteiger partial charge < -0.3 is 44.6 Å². The van der Waals surface area contributed by atoms with Crippen molar-refractivity contribution in [3.05, 3.63) is 84.2 Å². The Morgan fingerprint density at radius 3 is 2.08 bits per heavy atom. The summed E-state index contributed by atoms with van der Waals surface area (Å²) in [4.78, 5) is 72.2. The Labute approximate surface area is 361 Å². The summed E-state index contributed by atoms with van der Waals surface area (Å²) in [5, 5.41) is 7.71. The molecule has 15 heteroatoms. The number of amides is 4. The van der Waals surface area contributed by atoms with Crippen molar-refractivity contribution in [2.75, 3.05) is 40.5 Å². The summed E-state index contributed by atoms with van der Waals surface area (Å²) in [5.74, 6) is 1.08. The molecule has 3 fully saturated rings. The number of imidazole rings is 2. The Hall–Kier alpha value is -6.22. The minimum Gasteiger partial charge on any atom is -0.453 e. The summed E-state index contributed by atoms with van der Waals surface area (Å²) < 4.78 is 15.2. The minimum atomic E-state index is -0.691. The van der Waals surface area contributed by atoms with Gasteiger partial charge in [-0.2, -0.15) is 0 Å².